The molecule has 1 spiro atoms. The van der Waals surface area contributed by atoms with Gasteiger partial charge in [-0.3, -0.25) is 14.5 Å². The van der Waals surface area contributed by atoms with Crippen molar-refractivity contribution >= 4 is 23.3 Å². The SMILES string of the molecule is C=C(F)C(=O)N1CCN(c2nc(OCC34CCCN3CC(F)C4)nc3c2NC(=O)C2(CCCc4c(CC)cc(F)cc42)C3)CC1CC#N. The van der Waals surface area contributed by atoms with Crippen molar-refractivity contribution in [1.29, 1.82) is 5.26 Å². The number of nitriles is 1. The molecule has 4 aliphatic heterocycles. The van der Waals surface area contributed by atoms with E-state index in [1.54, 1.807) is 6.07 Å². The van der Waals surface area contributed by atoms with Crippen LogP contribution in [-0.4, -0.2) is 88.7 Å². The summed E-state index contributed by atoms with van der Waals surface area (Å²) in [4.78, 5) is 41.8. The van der Waals surface area contributed by atoms with Crippen LogP contribution in [0, 0.1) is 17.1 Å². The molecule has 3 fully saturated rings. The van der Waals surface area contributed by atoms with Crippen LogP contribution in [0.3, 0.4) is 0 Å². The molecule has 5 aliphatic rings. The predicted molar refractivity (Wildman–Crippen MR) is 171 cm³/mol. The summed E-state index contributed by atoms with van der Waals surface area (Å²) in [6.07, 6.45) is 4.02. The van der Waals surface area contributed by atoms with Gasteiger partial charge in [-0.15, -0.1) is 0 Å². The number of anilines is 2. The van der Waals surface area contributed by atoms with E-state index in [4.69, 9.17) is 14.7 Å². The molecule has 5 heterocycles. The number of benzene rings is 1. The van der Waals surface area contributed by atoms with Crippen molar-refractivity contribution < 1.29 is 27.5 Å². The third kappa shape index (κ3) is 5.38. The van der Waals surface area contributed by atoms with Crippen molar-refractivity contribution in [1.82, 2.24) is 19.8 Å². The fourth-order valence-corrected chi connectivity index (χ4v) is 8.87. The van der Waals surface area contributed by atoms with Gasteiger partial charge < -0.3 is 19.9 Å². The summed E-state index contributed by atoms with van der Waals surface area (Å²) >= 11 is 0. The number of ether oxygens (including phenoxy) is 1. The number of fused-ring (bicyclic) bond motifs is 4. The number of aromatic nitrogens is 2. The van der Waals surface area contributed by atoms with Crippen LogP contribution in [0.5, 0.6) is 6.01 Å². The highest BCUT2D eigenvalue weighted by molar-refractivity contribution is 6.04. The first-order chi connectivity index (χ1) is 23.1. The number of carbonyl (C=O) groups is 2. The van der Waals surface area contributed by atoms with Crippen LogP contribution in [0.25, 0.3) is 0 Å². The topological polar surface area (TPSA) is 115 Å². The highest BCUT2D eigenvalue weighted by Gasteiger charge is 2.51. The minimum absolute atomic E-state index is 0.0491. The third-order valence-corrected chi connectivity index (χ3v) is 11.2. The summed E-state index contributed by atoms with van der Waals surface area (Å²) in [5, 5.41) is 12.6. The zero-order valence-electron chi connectivity index (χ0n) is 27.2. The number of carbonyl (C=O) groups excluding carboxylic acids is 2. The molecule has 0 bridgehead atoms. The standard InChI is InChI=1S/C35H40F3N7O3/c1-3-22-14-23(37)15-27-26(22)6-4-9-35(27)17-28-29(41-32(35)47)30(43-12-13-45(31(46)21(2)36)25(19-43)7-10-39)42-33(40-28)48-20-34-8-5-11-44(34)18-24(38)16-34/h14-15,24-25H,2-9,11-13,16-20H2,1H3,(H,41,47). The number of piperazine rings is 1. The lowest BCUT2D eigenvalue weighted by Gasteiger charge is -2.44. The van der Waals surface area contributed by atoms with Gasteiger partial charge in [0.1, 0.15) is 24.3 Å². The fourth-order valence-electron chi connectivity index (χ4n) is 8.87. The van der Waals surface area contributed by atoms with Gasteiger partial charge in [-0.25, -0.2) is 13.2 Å². The van der Waals surface area contributed by atoms with E-state index in [2.05, 4.69) is 22.9 Å². The van der Waals surface area contributed by atoms with E-state index >= 15 is 0 Å². The molecule has 48 heavy (non-hydrogen) atoms. The van der Waals surface area contributed by atoms with E-state index in [9.17, 15) is 28.0 Å². The molecule has 1 aromatic heterocycles. The first kappa shape index (κ1) is 32.4. The fraction of sp³-hybridized carbons (Fsp3) is 0.571. The normalized spacial score (nSPS) is 28.0. The van der Waals surface area contributed by atoms with Crippen LogP contribution in [0.2, 0.25) is 0 Å². The van der Waals surface area contributed by atoms with Gasteiger partial charge >= 0.3 is 6.01 Å². The van der Waals surface area contributed by atoms with Crippen LogP contribution in [-0.2, 0) is 34.3 Å². The monoisotopic (exact) mass is 663 g/mol. The molecule has 7 rings (SSSR count). The Hall–Kier alpha value is -4.18. The number of nitrogens with one attached hydrogen (secondary N) is 1. The van der Waals surface area contributed by atoms with Gasteiger partial charge in [-0.05, 0) is 73.9 Å². The van der Waals surface area contributed by atoms with Gasteiger partial charge in [0.05, 0.1) is 35.2 Å². The van der Waals surface area contributed by atoms with Crippen molar-refractivity contribution in [3.8, 4) is 12.1 Å². The average molecular weight is 664 g/mol. The molecule has 2 amide bonds. The highest BCUT2D eigenvalue weighted by Crippen LogP contribution is 2.48. The Morgan fingerprint density at radius 3 is 2.81 bits per heavy atom. The maximum atomic E-state index is 15.0. The van der Waals surface area contributed by atoms with Crippen LogP contribution in [0.15, 0.2) is 24.5 Å². The summed E-state index contributed by atoms with van der Waals surface area (Å²) in [5.41, 5.74) is 2.03. The van der Waals surface area contributed by atoms with Crippen LogP contribution >= 0.6 is 0 Å². The number of rotatable bonds is 7. The first-order valence-electron chi connectivity index (χ1n) is 16.9. The molecule has 1 N–H and O–H groups in total. The van der Waals surface area contributed by atoms with Gasteiger partial charge in [0.15, 0.2) is 11.6 Å². The lowest BCUT2D eigenvalue weighted by molar-refractivity contribution is -0.131. The lowest BCUT2D eigenvalue weighted by atomic mass is 9.64. The van der Waals surface area contributed by atoms with Crippen LogP contribution < -0.4 is 15.0 Å². The number of halogens is 3. The second-order valence-corrected chi connectivity index (χ2v) is 13.9. The first-order valence-corrected chi connectivity index (χ1v) is 16.9. The lowest BCUT2D eigenvalue weighted by Crippen LogP contribution is -2.56. The summed E-state index contributed by atoms with van der Waals surface area (Å²) < 4.78 is 49.8. The van der Waals surface area contributed by atoms with E-state index in [1.165, 1.54) is 11.0 Å². The van der Waals surface area contributed by atoms with Crippen LogP contribution in [0.4, 0.5) is 24.7 Å². The highest BCUT2D eigenvalue weighted by atomic mass is 19.1. The van der Waals surface area contributed by atoms with Gasteiger partial charge in [-0.2, -0.15) is 15.2 Å². The minimum Gasteiger partial charge on any atom is -0.461 e. The minimum atomic E-state index is -1.10. The molecule has 4 unspecified atom stereocenters. The number of alkyl halides is 1. The molecular weight excluding hydrogens is 623 g/mol. The Morgan fingerprint density at radius 2 is 2.04 bits per heavy atom. The molecule has 1 aliphatic carbocycles. The Bertz CT molecular complexity index is 1710. The molecule has 1 aromatic carbocycles. The third-order valence-electron chi connectivity index (χ3n) is 11.2. The summed E-state index contributed by atoms with van der Waals surface area (Å²) in [5.74, 6) is -2.24. The van der Waals surface area contributed by atoms with Crippen molar-refractivity contribution in [3.05, 3.63) is 52.7 Å². The molecule has 10 nitrogen and oxygen atoms in total. The average Bonchev–Trinajstić information content (AvgIpc) is 3.59. The number of hydrogen-bond acceptors (Lipinski definition) is 8. The second kappa shape index (κ2) is 12.4. The molecule has 0 radical (unpaired) electrons. The van der Waals surface area contributed by atoms with Crippen molar-refractivity contribution in [2.75, 3.05) is 49.5 Å². The summed E-state index contributed by atoms with van der Waals surface area (Å²) in [6, 6.07) is 4.55. The van der Waals surface area contributed by atoms with Gasteiger partial charge in [0.25, 0.3) is 5.91 Å². The maximum absolute atomic E-state index is 15.0. The predicted octanol–water partition coefficient (Wildman–Crippen LogP) is 4.32. The Kier molecular flexibility index (Phi) is 8.34. The maximum Gasteiger partial charge on any atom is 0.318 e. The molecular formula is C35H40F3N7O3. The Morgan fingerprint density at radius 1 is 1.21 bits per heavy atom. The van der Waals surface area contributed by atoms with Crippen molar-refractivity contribution in [2.45, 2.75) is 87.9 Å². The van der Waals surface area contributed by atoms with E-state index in [0.717, 1.165) is 43.4 Å². The van der Waals surface area contributed by atoms with Gasteiger partial charge in [0.2, 0.25) is 5.91 Å². The van der Waals surface area contributed by atoms with E-state index in [1.807, 2.05) is 11.8 Å². The van der Waals surface area contributed by atoms with E-state index in [-0.39, 0.29) is 56.8 Å². The zero-order valence-corrected chi connectivity index (χ0v) is 27.2. The Labute approximate surface area is 277 Å². The van der Waals surface area contributed by atoms with Crippen LogP contribution in [0.1, 0.15) is 67.8 Å². The van der Waals surface area contributed by atoms with E-state index < -0.39 is 34.9 Å². The second-order valence-electron chi connectivity index (χ2n) is 13.9. The number of aryl methyl sites for hydroxylation is 1. The molecule has 254 valence electrons. The molecule has 0 saturated carbocycles. The molecule has 4 atom stereocenters. The number of amides is 2. The van der Waals surface area contributed by atoms with E-state index in [0.29, 0.717) is 48.6 Å². The summed E-state index contributed by atoms with van der Waals surface area (Å²) in [7, 11) is 0. The number of nitrogens with zero attached hydrogens (tertiary/aromatic N) is 6. The van der Waals surface area contributed by atoms with Crippen molar-refractivity contribution in [3.63, 3.8) is 0 Å². The van der Waals surface area contributed by atoms with Gasteiger partial charge in [0, 0.05) is 39.0 Å². The number of hydrogen-bond donors (Lipinski definition) is 1. The molecule has 3 saturated heterocycles. The summed E-state index contributed by atoms with van der Waals surface area (Å²) in [6.45, 7) is 6.99. The quantitative estimate of drug-likeness (QED) is 0.436. The molecule has 13 heteroatoms. The van der Waals surface area contributed by atoms with Crippen molar-refractivity contribution in [2.24, 2.45) is 0 Å². The molecule has 2 aromatic rings. The Balaban J connectivity index is 1.28. The van der Waals surface area contributed by atoms with Gasteiger partial charge in [-0.1, -0.05) is 13.5 Å². The largest absolute Gasteiger partial charge is 0.461 e. The zero-order chi connectivity index (χ0) is 33.8. The smallest absolute Gasteiger partial charge is 0.318 e.